The predicted molar refractivity (Wildman–Crippen MR) is 69.6 cm³/mol. The quantitative estimate of drug-likeness (QED) is 0.716. The maximum absolute atomic E-state index is 11.7. The normalized spacial score (nSPS) is 12.5. The van der Waals surface area contributed by atoms with Gasteiger partial charge < -0.3 is 16.0 Å². The van der Waals surface area contributed by atoms with Crippen molar-refractivity contribution in [3.05, 3.63) is 35.9 Å². The molecule has 1 atom stereocenters. The molecule has 0 heterocycles. The lowest BCUT2D eigenvalue weighted by Gasteiger charge is -2.13. The maximum Gasteiger partial charge on any atom is 0.241 e. The molecule has 1 aromatic rings. The maximum atomic E-state index is 11.7. The molecular formula is C13H21N3O. The molecule has 0 bridgehead atoms. The molecule has 3 N–H and O–H groups in total. The number of rotatable bonds is 6. The Bertz CT molecular complexity index is 338. The molecule has 0 fully saturated rings. The van der Waals surface area contributed by atoms with E-state index in [2.05, 4.69) is 10.2 Å². The van der Waals surface area contributed by atoms with Gasteiger partial charge in [0.1, 0.15) is 6.04 Å². The Morgan fingerprint density at radius 2 is 2.00 bits per heavy atom. The van der Waals surface area contributed by atoms with Crippen LogP contribution >= 0.6 is 0 Å². The van der Waals surface area contributed by atoms with E-state index in [0.29, 0.717) is 6.54 Å². The highest BCUT2D eigenvalue weighted by Crippen LogP contribution is 2.08. The van der Waals surface area contributed by atoms with Crippen molar-refractivity contribution in [1.82, 2.24) is 10.2 Å². The van der Waals surface area contributed by atoms with E-state index >= 15 is 0 Å². The second kappa shape index (κ2) is 7.04. The van der Waals surface area contributed by atoms with Gasteiger partial charge in [0.2, 0.25) is 5.91 Å². The minimum Gasteiger partial charge on any atom is -0.354 e. The summed E-state index contributed by atoms with van der Waals surface area (Å²) in [5.74, 6) is -0.116. The monoisotopic (exact) mass is 235 g/mol. The number of benzene rings is 1. The summed E-state index contributed by atoms with van der Waals surface area (Å²) in [6.07, 6.45) is 0.931. The molecule has 0 unspecified atom stereocenters. The zero-order valence-electron chi connectivity index (χ0n) is 10.5. The van der Waals surface area contributed by atoms with Crippen molar-refractivity contribution in [1.29, 1.82) is 0 Å². The van der Waals surface area contributed by atoms with Gasteiger partial charge in [0, 0.05) is 6.54 Å². The fourth-order valence-electron chi connectivity index (χ4n) is 1.53. The van der Waals surface area contributed by atoms with Crippen molar-refractivity contribution in [3.63, 3.8) is 0 Å². The summed E-state index contributed by atoms with van der Waals surface area (Å²) in [6.45, 7) is 1.62. The number of nitrogens with two attached hydrogens (primary N) is 1. The van der Waals surface area contributed by atoms with Gasteiger partial charge in [-0.15, -0.1) is 0 Å². The molecule has 0 saturated heterocycles. The Kier molecular flexibility index (Phi) is 5.66. The van der Waals surface area contributed by atoms with Gasteiger partial charge in [-0.3, -0.25) is 4.79 Å². The Morgan fingerprint density at radius 3 is 2.59 bits per heavy atom. The molecule has 4 heteroatoms. The summed E-state index contributed by atoms with van der Waals surface area (Å²) in [5, 5.41) is 2.85. The highest BCUT2D eigenvalue weighted by atomic mass is 16.2. The summed E-state index contributed by atoms with van der Waals surface area (Å²) in [6, 6.07) is 8.83. The highest BCUT2D eigenvalue weighted by molar-refractivity contribution is 5.82. The van der Waals surface area contributed by atoms with E-state index in [9.17, 15) is 4.79 Å². The van der Waals surface area contributed by atoms with Gasteiger partial charge in [-0.25, -0.2) is 0 Å². The highest BCUT2D eigenvalue weighted by Gasteiger charge is 2.14. The molecule has 0 aliphatic carbocycles. The Hall–Kier alpha value is -1.39. The standard InChI is InChI=1S/C13H21N3O/c1-16(2)10-6-9-15-13(17)12(14)11-7-4-3-5-8-11/h3-5,7-8,12H,6,9-10,14H2,1-2H3,(H,15,17)/t12-/m1/s1. The van der Waals surface area contributed by atoms with Crippen molar-refractivity contribution < 1.29 is 4.79 Å². The van der Waals surface area contributed by atoms with Gasteiger partial charge in [0.05, 0.1) is 0 Å². The molecule has 0 aromatic heterocycles. The van der Waals surface area contributed by atoms with Gasteiger partial charge in [-0.05, 0) is 32.6 Å². The summed E-state index contributed by atoms with van der Waals surface area (Å²) in [7, 11) is 4.02. The van der Waals surface area contributed by atoms with E-state index in [1.807, 2.05) is 44.4 Å². The molecule has 1 rings (SSSR count). The van der Waals surface area contributed by atoms with Gasteiger partial charge >= 0.3 is 0 Å². The molecule has 0 aliphatic rings. The van der Waals surface area contributed by atoms with Crippen molar-refractivity contribution in [2.45, 2.75) is 12.5 Å². The van der Waals surface area contributed by atoms with Crippen LogP contribution in [-0.4, -0.2) is 38.0 Å². The van der Waals surface area contributed by atoms with E-state index in [0.717, 1.165) is 18.5 Å². The largest absolute Gasteiger partial charge is 0.354 e. The van der Waals surface area contributed by atoms with Crippen LogP contribution in [0.2, 0.25) is 0 Å². The fraction of sp³-hybridized carbons (Fsp3) is 0.462. The van der Waals surface area contributed by atoms with E-state index in [1.165, 1.54) is 0 Å². The molecular weight excluding hydrogens is 214 g/mol. The summed E-state index contributed by atoms with van der Waals surface area (Å²) >= 11 is 0. The lowest BCUT2D eigenvalue weighted by Crippen LogP contribution is -2.35. The van der Waals surface area contributed by atoms with Crippen LogP contribution in [0.5, 0.6) is 0 Å². The lowest BCUT2D eigenvalue weighted by atomic mass is 10.1. The van der Waals surface area contributed by atoms with Crippen LogP contribution in [0.3, 0.4) is 0 Å². The third-order valence-electron chi connectivity index (χ3n) is 2.52. The third kappa shape index (κ3) is 4.97. The molecule has 0 aliphatic heterocycles. The Labute approximate surface area is 103 Å². The fourth-order valence-corrected chi connectivity index (χ4v) is 1.53. The number of hydrogen-bond donors (Lipinski definition) is 2. The van der Waals surface area contributed by atoms with Crippen LogP contribution in [0.4, 0.5) is 0 Å². The van der Waals surface area contributed by atoms with Gasteiger partial charge in [-0.2, -0.15) is 0 Å². The predicted octanol–water partition coefficient (Wildman–Crippen LogP) is 0.754. The SMILES string of the molecule is CN(C)CCCNC(=O)[C@H](N)c1ccccc1. The zero-order valence-corrected chi connectivity index (χ0v) is 10.5. The molecule has 1 amide bonds. The first-order valence-electron chi connectivity index (χ1n) is 5.84. The minimum atomic E-state index is -0.574. The van der Waals surface area contributed by atoms with Crippen molar-refractivity contribution in [2.24, 2.45) is 5.73 Å². The minimum absolute atomic E-state index is 0.116. The second-order valence-electron chi connectivity index (χ2n) is 4.34. The van der Waals surface area contributed by atoms with Gasteiger partial charge in [0.25, 0.3) is 0 Å². The summed E-state index contributed by atoms with van der Waals surface area (Å²) in [4.78, 5) is 13.8. The zero-order chi connectivity index (χ0) is 12.7. The van der Waals surface area contributed by atoms with E-state index in [-0.39, 0.29) is 5.91 Å². The number of amides is 1. The molecule has 0 spiro atoms. The first kappa shape index (κ1) is 13.7. The first-order chi connectivity index (χ1) is 8.11. The molecule has 1 aromatic carbocycles. The van der Waals surface area contributed by atoms with Crippen LogP contribution in [0.1, 0.15) is 18.0 Å². The number of nitrogens with zero attached hydrogens (tertiary/aromatic N) is 1. The van der Waals surface area contributed by atoms with Crippen molar-refractivity contribution in [3.8, 4) is 0 Å². The van der Waals surface area contributed by atoms with Crippen molar-refractivity contribution >= 4 is 5.91 Å². The molecule has 94 valence electrons. The third-order valence-corrected chi connectivity index (χ3v) is 2.52. The van der Waals surface area contributed by atoms with E-state index in [1.54, 1.807) is 0 Å². The number of nitrogens with one attached hydrogen (secondary N) is 1. The van der Waals surface area contributed by atoms with Crippen LogP contribution in [-0.2, 0) is 4.79 Å². The average molecular weight is 235 g/mol. The number of hydrogen-bond acceptors (Lipinski definition) is 3. The smallest absolute Gasteiger partial charge is 0.241 e. The molecule has 17 heavy (non-hydrogen) atoms. The van der Waals surface area contributed by atoms with E-state index < -0.39 is 6.04 Å². The second-order valence-corrected chi connectivity index (χ2v) is 4.34. The Balaban J connectivity index is 2.33. The van der Waals surface area contributed by atoms with Crippen LogP contribution in [0.25, 0.3) is 0 Å². The van der Waals surface area contributed by atoms with Crippen molar-refractivity contribution in [2.75, 3.05) is 27.2 Å². The van der Waals surface area contributed by atoms with Gasteiger partial charge in [-0.1, -0.05) is 30.3 Å². The topological polar surface area (TPSA) is 58.4 Å². The lowest BCUT2D eigenvalue weighted by molar-refractivity contribution is -0.122. The van der Waals surface area contributed by atoms with E-state index in [4.69, 9.17) is 5.73 Å². The molecule has 4 nitrogen and oxygen atoms in total. The van der Waals surface area contributed by atoms with Gasteiger partial charge in [0.15, 0.2) is 0 Å². The molecule has 0 saturated carbocycles. The number of carbonyl (C=O) groups is 1. The van der Waals surface area contributed by atoms with Crippen LogP contribution in [0.15, 0.2) is 30.3 Å². The average Bonchev–Trinajstić information content (AvgIpc) is 2.34. The van der Waals surface area contributed by atoms with Crippen LogP contribution < -0.4 is 11.1 Å². The first-order valence-corrected chi connectivity index (χ1v) is 5.84. The number of carbonyl (C=O) groups excluding carboxylic acids is 1. The summed E-state index contributed by atoms with van der Waals surface area (Å²) in [5.41, 5.74) is 6.70. The molecule has 0 radical (unpaired) electrons. The Morgan fingerprint density at radius 1 is 1.35 bits per heavy atom. The summed E-state index contributed by atoms with van der Waals surface area (Å²) < 4.78 is 0. The van der Waals surface area contributed by atoms with Crippen LogP contribution in [0, 0.1) is 0 Å².